The Balaban J connectivity index is 2.62. The van der Waals surface area contributed by atoms with Crippen LogP contribution in [0.25, 0.3) is 0 Å². The van der Waals surface area contributed by atoms with E-state index in [1.165, 1.54) is 6.08 Å². The van der Waals surface area contributed by atoms with Gasteiger partial charge in [-0.2, -0.15) is 0 Å². The van der Waals surface area contributed by atoms with Crippen molar-refractivity contribution < 1.29 is 4.39 Å². The first kappa shape index (κ1) is 5.15. The van der Waals surface area contributed by atoms with Crippen molar-refractivity contribution in [1.29, 1.82) is 0 Å². The predicted molar refractivity (Wildman–Crippen MR) is 24.0 cm³/mol. The minimum Gasteiger partial charge on any atom is -0.216 e. The lowest BCUT2D eigenvalue weighted by molar-refractivity contribution is 0.720. The third kappa shape index (κ3) is 4.15. The summed E-state index contributed by atoms with van der Waals surface area (Å²) in [5.74, 6) is 0. The molecule has 0 amide bonds. The van der Waals surface area contributed by atoms with Crippen molar-refractivity contribution >= 4 is 15.9 Å². The number of halogens is 2. The maximum Gasteiger partial charge on any atom is 0.0835 e. The Kier molecular flexibility index (Phi) is 4.27. The molecule has 0 aliphatic heterocycles. The van der Waals surface area contributed by atoms with Crippen LogP contribution >= 0.6 is 15.9 Å². The number of hydrogen-bond donors (Lipinski definition) is 0. The van der Waals surface area contributed by atoms with E-state index in [9.17, 15) is 4.39 Å². The molecule has 0 aliphatic rings. The Hall–Kier alpha value is 0.150. The predicted octanol–water partition coefficient (Wildman–Crippen LogP) is 1.86. The quantitative estimate of drug-likeness (QED) is 0.486. The lowest BCUT2D eigenvalue weighted by Gasteiger charge is -1.60. The molecule has 0 bridgehead atoms. The summed E-state index contributed by atoms with van der Waals surface area (Å²) in [5, 5.41) is 0.601. The van der Waals surface area contributed by atoms with Gasteiger partial charge in [-0.3, -0.25) is 0 Å². The van der Waals surface area contributed by atoms with E-state index in [-0.39, 0.29) is 0 Å². The van der Waals surface area contributed by atoms with Crippen LogP contribution in [-0.4, -0.2) is 5.33 Å². The van der Waals surface area contributed by atoms with Crippen LogP contribution in [-0.2, 0) is 0 Å². The highest BCUT2D eigenvalue weighted by Gasteiger charge is 1.57. The molecule has 0 aromatic rings. The highest BCUT2D eigenvalue weighted by atomic mass is 79.9. The second kappa shape index (κ2) is 4.15. The fourth-order valence-corrected chi connectivity index (χ4v) is 0.175. The van der Waals surface area contributed by atoms with Gasteiger partial charge in [-0.1, -0.05) is 15.9 Å². The van der Waals surface area contributed by atoms with Gasteiger partial charge in [0.25, 0.3) is 0 Å². The molecule has 5 heavy (non-hydrogen) atoms. The largest absolute Gasteiger partial charge is 0.216 e. The van der Waals surface area contributed by atoms with E-state index in [0.717, 1.165) is 0 Å². The lowest BCUT2D eigenvalue weighted by atomic mass is 10.8. The summed E-state index contributed by atoms with van der Waals surface area (Å²) in [7, 11) is 0. The zero-order valence-corrected chi connectivity index (χ0v) is 4.20. The van der Waals surface area contributed by atoms with Gasteiger partial charge < -0.3 is 0 Å². The van der Waals surface area contributed by atoms with Crippen LogP contribution in [0.2, 0.25) is 0 Å². The minimum atomic E-state index is 0.509. The molecule has 0 aromatic carbocycles. The molecule has 0 saturated carbocycles. The summed E-state index contributed by atoms with van der Waals surface area (Å²) >= 11 is 2.98. The highest BCUT2D eigenvalue weighted by molar-refractivity contribution is 9.09. The molecule has 0 fully saturated rings. The molecule has 0 rings (SSSR count). The standard InChI is InChI=1S/C3H4BrF/c4-2-1-3-5/h1,3H,2H2. The Labute approximate surface area is 38.8 Å². The van der Waals surface area contributed by atoms with E-state index in [1.807, 2.05) is 0 Å². The maximum absolute atomic E-state index is 10.8. The molecule has 0 unspecified atom stereocenters. The fraction of sp³-hybridized carbons (Fsp3) is 0.333. The third-order valence-corrected chi connectivity index (χ3v) is 0.552. The normalized spacial score (nSPS) is 10.0. The molecule has 0 N–H and O–H groups in total. The summed E-state index contributed by atoms with van der Waals surface area (Å²) in [6.07, 6.45) is 1.88. The lowest BCUT2D eigenvalue weighted by Crippen LogP contribution is -1.48. The molecular formula is C3H4BrF. The van der Waals surface area contributed by atoms with E-state index >= 15 is 0 Å². The molecule has 0 heterocycles. The SMILES string of the molecule is FC=CCBr. The van der Waals surface area contributed by atoms with Gasteiger partial charge in [-0.05, 0) is 6.08 Å². The van der Waals surface area contributed by atoms with Gasteiger partial charge in [-0.25, -0.2) is 4.39 Å². The van der Waals surface area contributed by atoms with E-state index in [4.69, 9.17) is 0 Å². The highest BCUT2D eigenvalue weighted by Crippen LogP contribution is 1.79. The van der Waals surface area contributed by atoms with Crippen molar-refractivity contribution in [2.75, 3.05) is 5.33 Å². The van der Waals surface area contributed by atoms with Crippen LogP contribution in [0.4, 0.5) is 4.39 Å². The van der Waals surface area contributed by atoms with Crippen LogP contribution in [0.1, 0.15) is 0 Å². The van der Waals surface area contributed by atoms with E-state index < -0.39 is 0 Å². The first-order valence-corrected chi connectivity index (χ1v) is 2.35. The van der Waals surface area contributed by atoms with Gasteiger partial charge >= 0.3 is 0 Å². The number of hydrogen-bond acceptors (Lipinski definition) is 0. The maximum atomic E-state index is 10.8. The molecule has 0 radical (unpaired) electrons. The van der Waals surface area contributed by atoms with Gasteiger partial charge in [0.1, 0.15) is 0 Å². The molecule has 0 aromatic heterocycles. The van der Waals surface area contributed by atoms with Crippen LogP contribution in [0.15, 0.2) is 12.4 Å². The number of alkyl halides is 1. The second-order valence-electron chi connectivity index (χ2n) is 0.516. The molecule has 0 aliphatic carbocycles. The van der Waals surface area contributed by atoms with E-state index in [0.29, 0.717) is 11.7 Å². The monoisotopic (exact) mass is 138 g/mol. The summed E-state index contributed by atoms with van der Waals surface area (Å²) in [5.41, 5.74) is 0. The van der Waals surface area contributed by atoms with E-state index in [2.05, 4.69) is 15.9 Å². The molecule has 30 valence electrons. The Morgan fingerprint density at radius 1 is 1.80 bits per heavy atom. The first-order chi connectivity index (χ1) is 2.41. The van der Waals surface area contributed by atoms with Crippen molar-refractivity contribution in [3.63, 3.8) is 0 Å². The van der Waals surface area contributed by atoms with Gasteiger partial charge in [0.05, 0.1) is 6.33 Å². The van der Waals surface area contributed by atoms with E-state index in [1.54, 1.807) is 0 Å². The van der Waals surface area contributed by atoms with Gasteiger partial charge in [0, 0.05) is 5.33 Å². The topological polar surface area (TPSA) is 0 Å². The average molecular weight is 139 g/mol. The van der Waals surface area contributed by atoms with Crippen LogP contribution in [0.5, 0.6) is 0 Å². The molecule has 0 spiro atoms. The summed E-state index contributed by atoms with van der Waals surface area (Å²) in [6, 6.07) is 0. The number of allylic oxidation sites excluding steroid dienone is 1. The summed E-state index contributed by atoms with van der Waals surface area (Å²) in [6.45, 7) is 0. The Bertz CT molecular complexity index is 33.9. The third-order valence-electron chi connectivity index (χ3n) is 0.178. The van der Waals surface area contributed by atoms with Crippen LogP contribution in [0, 0.1) is 0 Å². The van der Waals surface area contributed by atoms with Crippen molar-refractivity contribution in [2.45, 2.75) is 0 Å². The molecular weight excluding hydrogens is 135 g/mol. The second-order valence-corrected chi connectivity index (χ2v) is 1.16. The fourth-order valence-electron chi connectivity index (χ4n) is 0.0337. The smallest absolute Gasteiger partial charge is 0.0835 e. The Morgan fingerprint density at radius 3 is 2.40 bits per heavy atom. The zero-order valence-electron chi connectivity index (χ0n) is 2.62. The average Bonchev–Trinajstić information content (AvgIpc) is 1.41. The Morgan fingerprint density at radius 2 is 2.40 bits per heavy atom. The first-order valence-electron chi connectivity index (χ1n) is 1.23. The minimum absolute atomic E-state index is 0.509. The van der Waals surface area contributed by atoms with Gasteiger partial charge in [0.15, 0.2) is 0 Å². The van der Waals surface area contributed by atoms with Crippen molar-refractivity contribution in [1.82, 2.24) is 0 Å². The van der Waals surface area contributed by atoms with Crippen molar-refractivity contribution in [2.24, 2.45) is 0 Å². The van der Waals surface area contributed by atoms with Gasteiger partial charge in [0.2, 0.25) is 0 Å². The molecule has 0 nitrogen and oxygen atoms in total. The molecule has 0 saturated heterocycles. The van der Waals surface area contributed by atoms with Crippen molar-refractivity contribution in [3.05, 3.63) is 12.4 Å². The summed E-state index contributed by atoms with van der Waals surface area (Å²) in [4.78, 5) is 0. The van der Waals surface area contributed by atoms with Gasteiger partial charge in [-0.15, -0.1) is 0 Å². The summed E-state index contributed by atoms with van der Waals surface area (Å²) < 4.78 is 10.8. The van der Waals surface area contributed by atoms with Crippen LogP contribution in [0.3, 0.4) is 0 Å². The number of rotatable bonds is 1. The molecule has 2 heteroatoms. The zero-order chi connectivity index (χ0) is 4.12. The van der Waals surface area contributed by atoms with Crippen LogP contribution < -0.4 is 0 Å². The molecule has 0 atom stereocenters. The van der Waals surface area contributed by atoms with Crippen molar-refractivity contribution in [3.8, 4) is 0 Å².